The van der Waals surface area contributed by atoms with Crippen molar-refractivity contribution in [3.8, 4) is 6.07 Å². The second-order valence-corrected chi connectivity index (χ2v) is 3.12. The normalized spacial score (nSPS) is 11.8. The Balaban J connectivity index is 2.69. The van der Waals surface area contributed by atoms with Crippen molar-refractivity contribution in [2.24, 2.45) is 5.92 Å². The predicted molar refractivity (Wildman–Crippen MR) is 54.7 cm³/mol. The van der Waals surface area contributed by atoms with E-state index in [0.717, 1.165) is 6.54 Å². The average Bonchev–Trinajstić information content (AvgIpc) is 2.26. The lowest BCUT2D eigenvalue weighted by Crippen LogP contribution is -2.29. The van der Waals surface area contributed by atoms with Gasteiger partial charge in [0.05, 0.1) is 12.0 Å². The lowest BCUT2D eigenvalue weighted by molar-refractivity contribution is 0.671. The van der Waals surface area contributed by atoms with Gasteiger partial charge in [-0.15, -0.1) is 0 Å². The fraction of sp³-hybridized carbons (Fsp3) is 0.500. The topological polar surface area (TPSA) is 52.8 Å². The van der Waals surface area contributed by atoms with Gasteiger partial charge in [-0.05, 0) is 19.9 Å². The first-order chi connectivity index (χ1) is 6.77. The van der Waals surface area contributed by atoms with Crippen LogP contribution in [-0.4, -0.2) is 23.1 Å². The van der Waals surface area contributed by atoms with Crippen molar-refractivity contribution >= 4 is 5.95 Å². The van der Waals surface area contributed by atoms with Crippen LogP contribution in [0.2, 0.25) is 0 Å². The number of aromatic nitrogens is 2. The quantitative estimate of drug-likeness (QED) is 0.721. The zero-order chi connectivity index (χ0) is 10.4. The van der Waals surface area contributed by atoms with Gasteiger partial charge in [-0.25, -0.2) is 9.97 Å². The number of hydrogen-bond acceptors (Lipinski definition) is 4. The minimum Gasteiger partial charge on any atom is -0.340 e. The van der Waals surface area contributed by atoms with E-state index >= 15 is 0 Å². The summed E-state index contributed by atoms with van der Waals surface area (Å²) >= 11 is 0. The van der Waals surface area contributed by atoms with E-state index in [1.807, 2.05) is 18.7 Å². The molecule has 0 radical (unpaired) electrons. The summed E-state index contributed by atoms with van der Waals surface area (Å²) in [6.07, 6.45) is 3.42. The van der Waals surface area contributed by atoms with E-state index in [4.69, 9.17) is 5.26 Å². The molecule has 1 unspecified atom stereocenters. The first-order valence-corrected chi connectivity index (χ1v) is 4.69. The van der Waals surface area contributed by atoms with Crippen LogP contribution in [0.5, 0.6) is 0 Å². The fourth-order valence-electron chi connectivity index (χ4n) is 1.18. The van der Waals surface area contributed by atoms with Crippen LogP contribution < -0.4 is 4.90 Å². The number of rotatable bonds is 4. The standard InChI is InChI=1S/C10H14N4/c1-3-14(8-9(2)7-11)10-12-5-4-6-13-10/h4-6,9H,3,8H2,1-2H3. The summed E-state index contributed by atoms with van der Waals surface area (Å²) in [5, 5.41) is 8.71. The highest BCUT2D eigenvalue weighted by Gasteiger charge is 2.10. The molecule has 1 atom stereocenters. The highest BCUT2D eigenvalue weighted by atomic mass is 15.2. The third-order valence-corrected chi connectivity index (χ3v) is 1.93. The molecule has 1 aromatic heterocycles. The van der Waals surface area contributed by atoms with E-state index < -0.39 is 0 Å². The van der Waals surface area contributed by atoms with Gasteiger partial charge in [-0.1, -0.05) is 0 Å². The largest absolute Gasteiger partial charge is 0.340 e. The Morgan fingerprint density at radius 2 is 2.14 bits per heavy atom. The van der Waals surface area contributed by atoms with Gasteiger partial charge in [0.15, 0.2) is 0 Å². The fourth-order valence-corrected chi connectivity index (χ4v) is 1.18. The summed E-state index contributed by atoms with van der Waals surface area (Å²) in [4.78, 5) is 10.3. The molecule has 4 nitrogen and oxygen atoms in total. The smallest absolute Gasteiger partial charge is 0.225 e. The summed E-state index contributed by atoms with van der Waals surface area (Å²) in [5.74, 6) is 0.691. The van der Waals surface area contributed by atoms with Gasteiger partial charge in [0.2, 0.25) is 5.95 Å². The summed E-state index contributed by atoms with van der Waals surface area (Å²) in [7, 11) is 0. The molecular weight excluding hydrogens is 176 g/mol. The Kier molecular flexibility index (Phi) is 3.86. The molecule has 1 heterocycles. The van der Waals surface area contributed by atoms with E-state index in [1.165, 1.54) is 0 Å². The highest BCUT2D eigenvalue weighted by molar-refractivity contribution is 5.28. The third kappa shape index (κ3) is 2.70. The minimum atomic E-state index is -0.00115. The van der Waals surface area contributed by atoms with Crippen LogP contribution >= 0.6 is 0 Å². The molecule has 0 aliphatic heterocycles. The Hall–Kier alpha value is -1.63. The lowest BCUT2D eigenvalue weighted by Gasteiger charge is -2.21. The summed E-state index contributed by atoms with van der Waals surface area (Å²) in [5.41, 5.74) is 0. The molecule has 0 fully saturated rings. The number of anilines is 1. The Bertz CT molecular complexity index is 304. The van der Waals surface area contributed by atoms with Crippen molar-refractivity contribution < 1.29 is 0 Å². The van der Waals surface area contributed by atoms with Gasteiger partial charge in [0.25, 0.3) is 0 Å². The van der Waals surface area contributed by atoms with Crippen molar-refractivity contribution in [2.75, 3.05) is 18.0 Å². The van der Waals surface area contributed by atoms with Gasteiger partial charge in [0.1, 0.15) is 0 Å². The van der Waals surface area contributed by atoms with E-state index in [0.29, 0.717) is 12.5 Å². The van der Waals surface area contributed by atoms with Crippen molar-refractivity contribution in [3.05, 3.63) is 18.5 Å². The minimum absolute atomic E-state index is 0.00115. The van der Waals surface area contributed by atoms with Crippen LogP contribution in [-0.2, 0) is 0 Å². The third-order valence-electron chi connectivity index (χ3n) is 1.93. The van der Waals surface area contributed by atoms with Crippen LogP contribution in [0.1, 0.15) is 13.8 Å². The maximum atomic E-state index is 8.71. The monoisotopic (exact) mass is 190 g/mol. The predicted octanol–water partition coefficient (Wildman–Crippen LogP) is 1.46. The molecule has 0 N–H and O–H groups in total. The van der Waals surface area contributed by atoms with Crippen molar-refractivity contribution in [2.45, 2.75) is 13.8 Å². The second kappa shape index (κ2) is 5.18. The molecule has 0 saturated heterocycles. The summed E-state index contributed by atoms with van der Waals surface area (Å²) in [6.45, 7) is 5.42. The molecule has 0 aromatic carbocycles. The summed E-state index contributed by atoms with van der Waals surface area (Å²) in [6, 6.07) is 3.99. The van der Waals surface area contributed by atoms with Crippen LogP contribution in [0, 0.1) is 17.2 Å². The molecule has 1 rings (SSSR count). The SMILES string of the molecule is CCN(CC(C)C#N)c1ncccn1. The Morgan fingerprint density at radius 3 is 2.64 bits per heavy atom. The summed E-state index contributed by atoms with van der Waals surface area (Å²) < 4.78 is 0. The number of nitriles is 1. The van der Waals surface area contributed by atoms with Crippen molar-refractivity contribution in [1.29, 1.82) is 5.26 Å². The van der Waals surface area contributed by atoms with Crippen molar-refractivity contribution in [1.82, 2.24) is 9.97 Å². The van der Waals surface area contributed by atoms with E-state index in [2.05, 4.69) is 16.0 Å². The molecule has 4 heteroatoms. The zero-order valence-electron chi connectivity index (χ0n) is 8.51. The first kappa shape index (κ1) is 10.5. The van der Waals surface area contributed by atoms with Crippen molar-refractivity contribution in [3.63, 3.8) is 0 Å². The van der Waals surface area contributed by atoms with Gasteiger partial charge in [0, 0.05) is 25.5 Å². The van der Waals surface area contributed by atoms with Crippen LogP contribution in [0.3, 0.4) is 0 Å². The van der Waals surface area contributed by atoms with Crippen LogP contribution in [0.25, 0.3) is 0 Å². The van der Waals surface area contributed by atoms with E-state index in [-0.39, 0.29) is 5.92 Å². The van der Waals surface area contributed by atoms with E-state index in [9.17, 15) is 0 Å². The molecule has 1 aromatic rings. The van der Waals surface area contributed by atoms with E-state index in [1.54, 1.807) is 18.5 Å². The second-order valence-electron chi connectivity index (χ2n) is 3.12. The molecular formula is C10H14N4. The van der Waals surface area contributed by atoms with Crippen LogP contribution in [0.15, 0.2) is 18.5 Å². The molecule has 0 saturated carbocycles. The molecule has 0 aliphatic rings. The van der Waals surface area contributed by atoms with Gasteiger partial charge in [-0.2, -0.15) is 5.26 Å². The molecule has 0 bridgehead atoms. The highest BCUT2D eigenvalue weighted by Crippen LogP contribution is 2.07. The lowest BCUT2D eigenvalue weighted by atomic mass is 10.2. The average molecular weight is 190 g/mol. The van der Waals surface area contributed by atoms with Gasteiger partial charge in [-0.3, -0.25) is 0 Å². The van der Waals surface area contributed by atoms with Gasteiger partial charge < -0.3 is 4.90 Å². The molecule has 0 aliphatic carbocycles. The molecule has 0 spiro atoms. The Labute approximate surface area is 84.2 Å². The van der Waals surface area contributed by atoms with Crippen LogP contribution in [0.4, 0.5) is 5.95 Å². The molecule has 74 valence electrons. The molecule has 0 amide bonds. The maximum Gasteiger partial charge on any atom is 0.225 e. The Morgan fingerprint density at radius 1 is 1.50 bits per heavy atom. The zero-order valence-corrected chi connectivity index (χ0v) is 8.51. The number of nitrogens with zero attached hydrogens (tertiary/aromatic N) is 4. The van der Waals surface area contributed by atoms with Gasteiger partial charge >= 0.3 is 0 Å². The number of hydrogen-bond donors (Lipinski definition) is 0. The maximum absolute atomic E-state index is 8.71. The molecule has 14 heavy (non-hydrogen) atoms. The first-order valence-electron chi connectivity index (χ1n) is 4.69.